The molecule has 0 saturated carbocycles. The van der Waals surface area contributed by atoms with Crippen LogP contribution in [0.3, 0.4) is 0 Å². The molecule has 1 aliphatic rings. The van der Waals surface area contributed by atoms with E-state index in [9.17, 15) is 5.11 Å². The predicted molar refractivity (Wildman–Crippen MR) is 105 cm³/mol. The predicted octanol–water partition coefficient (Wildman–Crippen LogP) is 2.84. The Morgan fingerprint density at radius 3 is 2.54 bits per heavy atom. The van der Waals surface area contributed by atoms with E-state index in [1.165, 1.54) is 16.7 Å². The van der Waals surface area contributed by atoms with Crippen LogP contribution in [-0.4, -0.2) is 57.0 Å². The minimum absolute atomic E-state index is 0.244. The number of aryl methyl sites for hydroxylation is 1. The molecular formula is C21H32N4O. The van der Waals surface area contributed by atoms with Gasteiger partial charge in [0.25, 0.3) is 0 Å². The minimum Gasteiger partial charge on any atom is -0.396 e. The number of hydrogen-bond acceptors (Lipinski definition) is 4. The quantitative estimate of drug-likeness (QED) is 0.829. The number of hydrogen-bond donors (Lipinski definition) is 1. The van der Waals surface area contributed by atoms with Crippen LogP contribution in [0, 0.1) is 6.92 Å². The average Bonchev–Trinajstić information content (AvgIpc) is 3.08. The number of piperazine rings is 1. The van der Waals surface area contributed by atoms with Gasteiger partial charge in [-0.25, -0.2) is 0 Å². The van der Waals surface area contributed by atoms with Crippen molar-refractivity contribution in [3.8, 4) is 0 Å². The number of benzene rings is 1. The van der Waals surface area contributed by atoms with Crippen molar-refractivity contribution in [1.82, 2.24) is 19.6 Å². The molecule has 0 amide bonds. The van der Waals surface area contributed by atoms with Crippen LogP contribution in [-0.2, 0) is 13.1 Å². The first-order valence-electron chi connectivity index (χ1n) is 9.71. The Morgan fingerprint density at radius 2 is 1.88 bits per heavy atom. The standard InChI is InChI=1S/C21H32N4O/c1-17(2)25-15-20(12-22-25)13-23-9-10-24(21(16-23)8-11-26)14-19-6-4-18(3)5-7-19/h4-7,12,15,17,21,26H,8-11,13-14,16H2,1-3H3/t21-/m0/s1. The lowest BCUT2D eigenvalue weighted by Crippen LogP contribution is -2.52. The van der Waals surface area contributed by atoms with E-state index in [-0.39, 0.29) is 6.61 Å². The fourth-order valence-electron chi connectivity index (χ4n) is 3.66. The lowest BCUT2D eigenvalue weighted by atomic mass is 10.1. The highest BCUT2D eigenvalue weighted by molar-refractivity contribution is 5.21. The molecule has 0 radical (unpaired) electrons. The zero-order chi connectivity index (χ0) is 18.5. The summed E-state index contributed by atoms with van der Waals surface area (Å²) in [6.45, 7) is 11.7. The summed E-state index contributed by atoms with van der Waals surface area (Å²) < 4.78 is 2.02. The Labute approximate surface area is 157 Å². The molecule has 3 rings (SSSR count). The highest BCUT2D eigenvalue weighted by atomic mass is 16.3. The number of aliphatic hydroxyl groups is 1. The maximum Gasteiger partial charge on any atom is 0.0534 e. The minimum atomic E-state index is 0.244. The lowest BCUT2D eigenvalue weighted by molar-refractivity contribution is 0.0499. The summed E-state index contributed by atoms with van der Waals surface area (Å²) in [5, 5.41) is 14.0. The molecule has 1 aromatic carbocycles. The second-order valence-electron chi connectivity index (χ2n) is 7.78. The molecule has 1 aliphatic heterocycles. The lowest BCUT2D eigenvalue weighted by Gasteiger charge is -2.41. The largest absolute Gasteiger partial charge is 0.396 e. The molecule has 1 atom stereocenters. The molecule has 1 N–H and O–H groups in total. The average molecular weight is 357 g/mol. The molecule has 2 heterocycles. The Balaban J connectivity index is 1.60. The molecule has 0 bridgehead atoms. The summed E-state index contributed by atoms with van der Waals surface area (Å²) >= 11 is 0. The molecule has 5 heteroatoms. The fraction of sp³-hybridized carbons (Fsp3) is 0.571. The van der Waals surface area contributed by atoms with Gasteiger partial charge in [0.05, 0.1) is 6.20 Å². The highest BCUT2D eigenvalue weighted by Gasteiger charge is 2.26. The Bertz CT molecular complexity index is 680. The zero-order valence-corrected chi connectivity index (χ0v) is 16.3. The van der Waals surface area contributed by atoms with Crippen molar-refractivity contribution in [3.05, 3.63) is 53.3 Å². The summed E-state index contributed by atoms with van der Waals surface area (Å²) in [5.74, 6) is 0. The first-order valence-corrected chi connectivity index (χ1v) is 9.71. The monoisotopic (exact) mass is 356 g/mol. The van der Waals surface area contributed by atoms with Crippen LogP contribution in [0.5, 0.6) is 0 Å². The van der Waals surface area contributed by atoms with Gasteiger partial charge in [-0.3, -0.25) is 14.5 Å². The van der Waals surface area contributed by atoms with Gasteiger partial charge < -0.3 is 5.11 Å². The molecule has 1 fully saturated rings. The Kier molecular flexibility index (Phi) is 6.46. The van der Waals surface area contributed by atoms with Crippen molar-refractivity contribution >= 4 is 0 Å². The molecule has 1 saturated heterocycles. The molecule has 26 heavy (non-hydrogen) atoms. The summed E-state index contributed by atoms with van der Waals surface area (Å²) in [5.41, 5.74) is 3.92. The van der Waals surface area contributed by atoms with Gasteiger partial charge in [0.15, 0.2) is 0 Å². The summed E-state index contributed by atoms with van der Waals surface area (Å²) in [6, 6.07) is 9.60. The van der Waals surface area contributed by atoms with Crippen LogP contribution < -0.4 is 0 Å². The van der Waals surface area contributed by atoms with Gasteiger partial charge in [0.2, 0.25) is 0 Å². The molecule has 5 nitrogen and oxygen atoms in total. The fourth-order valence-corrected chi connectivity index (χ4v) is 3.66. The first kappa shape index (κ1) is 19.1. The van der Waals surface area contributed by atoms with Gasteiger partial charge in [-0.05, 0) is 32.8 Å². The third kappa shape index (κ3) is 4.93. The summed E-state index contributed by atoms with van der Waals surface area (Å²) in [6.07, 6.45) is 4.97. The molecule has 0 unspecified atom stereocenters. The van der Waals surface area contributed by atoms with E-state index in [0.717, 1.165) is 39.1 Å². The van der Waals surface area contributed by atoms with Gasteiger partial charge in [0.1, 0.15) is 0 Å². The Morgan fingerprint density at radius 1 is 1.12 bits per heavy atom. The Hall–Kier alpha value is -1.69. The van der Waals surface area contributed by atoms with Crippen molar-refractivity contribution in [2.45, 2.75) is 52.4 Å². The van der Waals surface area contributed by atoms with Gasteiger partial charge >= 0.3 is 0 Å². The topological polar surface area (TPSA) is 44.5 Å². The van der Waals surface area contributed by atoms with Crippen molar-refractivity contribution in [1.29, 1.82) is 0 Å². The maximum absolute atomic E-state index is 9.52. The van der Waals surface area contributed by atoms with Gasteiger partial charge in [-0.15, -0.1) is 0 Å². The van der Waals surface area contributed by atoms with Gasteiger partial charge in [-0.1, -0.05) is 29.8 Å². The maximum atomic E-state index is 9.52. The molecular weight excluding hydrogens is 324 g/mol. The molecule has 1 aromatic heterocycles. The van der Waals surface area contributed by atoms with E-state index in [2.05, 4.69) is 66.1 Å². The van der Waals surface area contributed by atoms with E-state index in [1.54, 1.807) is 0 Å². The third-order valence-corrected chi connectivity index (χ3v) is 5.25. The van der Waals surface area contributed by atoms with Crippen molar-refractivity contribution in [2.24, 2.45) is 0 Å². The summed E-state index contributed by atoms with van der Waals surface area (Å²) in [4.78, 5) is 5.02. The third-order valence-electron chi connectivity index (χ3n) is 5.25. The highest BCUT2D eigenvalue weighted by Crippen LogP contribution is 2.19. The number of aliphatic hydroxyl groups excluding tert-OH is 1. The van der Waals surface area contributed by atoms with E-state index in [1.807, 2.05) is 10.9 Å². The van der Waals surface area contributed by atoms with Crippen LogP contribution in [0.25, 0.3) is 0 Å². The van der Waals surface area contributed by atoms with Crippen LogP contribution in [0.2, 0.25) is 0 Å². The number of rotatable bonds is 7. The molecule has 0 spiro atoms. The van der Waals surface area contributed by atoms with Crippen molar-refractivity contribution in [3.63, 3.8) is 0 Å². The van der Waals surface area contributed by atoms with Crippen LogP contribution in [0.4, 0.5) is 0 Å². The van der Waals surface area contributed by atoms with Gasteiger partial charge in [0, 0.05) is 63.2 Å². The van der Waals surface area contributed by atoms with E-state index in [4.69, 9.17) is 0 Å². The van der Waals surface area contributed by atoms with Crippen LogP contribution >= 0.6 is 0 Å². The van der Waals surface area contributed by atoms with Crippen LogP contribution in [0.1, 0.15) is 43.0 Å². The first-order chi connectivity index (χ1) is 12.5. The van der Waals surface area contributed by atoms with E-state index < -0.39 is 0 Å². The van der Waals surface area contributed by atoms with Crippen LogP contribution in [0.15, 0.2) is 36.7 Å². The zero-order valence-electron chi connectivity index (χ0n) is 16.3. The SMILES string of the molecule is Cc1ccc(CN2CCN(Cc3cnn(C(C)C)c3)C[C@@H]2CCO)cc1. The van der Waals surface area contributed by atoms with Crippen molar-refractivity contribution < 1.29 is 5.11 Å². The summed E-state index contributed by atoms with van der Waals surface area (Å²) in [7, 11) is 0. The smallest absolute Gasteiger partial charge is 0.0534 e. The van der Waals surface area contributed by atoms with E-state index in [0.29, 0.717) is 12.1 Å². The van der Waals surface area contributed by atoms with E-state index >= 15 is 0 Å². The normalized spacial score (nSPS) is 19.3. The molecule has 2 aromatic rings. The number of aromatic nitrogens is 2. The molecule has 142 valence electrons. The van der Waals surface area contributed by atoms with Crippen molar-refractivity contribution in [2.75, 3.05) is 26.2 Å². The number of nitrogens with zero attached hydrogens (tertiary/aromatic N) is 4. The molecule has 0 aliphatic carbocycles. The van der Waals surface area contributed by atoms with Gasteiger partial charge in [-0.2, -0.15) is 5.10 Å². The second kappa shape index (κ2) is 8.80. The second-order valence-corrected chi connectivity index (χ2v) is 7.78.